The van der Waals surface area contributed by atoms with E-state index in [1.807, 2.05) is 10.9 Å². The van der Waals surface area contributed by atoms with E-state index >= 15 is 0 Å². The summed E-state index contributed by atoms with van der Waals surface area (Å²) in [7, 11) is 0. The van der Waals surface area contributed by atoms with Gasteiger partial charge < -0.3 is 4.74 Å². The van der Waals surface area contributed by atoms with Crippen LogP contribution < -0.4 is 0 Å². The third-order valence-corrected chi connectivity index (χ3v) is 1.90. The highest BCUT2D eigenvalue weighted by molar-refractivity contribution is 5.07. The Kier molecular flexibility index (Phi) is 1.66. The van der Waals surface area contributed by atoms with Crippen LogP contribution in [0.1, 0.15) is 18.0 Å². The molecule has 0 N–H and O–H groups in total. The molecule has 0 saturated carbocycles. The van der Waals surface area contributed by atoms with E-state index in [1.165, 1.54) is 0 Å². The number of hydrogen-bond donors (Lipinski definition) is 0. The summed E-state index contributed by atoms with van der Waals surface area (Å²) in [5.74, 6) is 0. The SMILES string of the molecule is [CH]c1cnn(C2CCOC2)c1. The van der Waals surface area contributed by atoms with Gasteiger partial charge in [0.2, 0.25) is 0 Å². The van der Waals surface area contributed by atoms with Gasteiger partial charge in [0.25, 0.3) is 0 Å². The Bertz CT molecular complexity index is 238. The zero-order chi connectivity index (χ0) is 7.68. The zero-order valence-electron chi connectivity index (χ0n) is 6.23. The van der Waals surface area contributed by atoms with Crippen molar-refractivity contribution in [3.63, 3.8) is 0 Å². The van der Waals surface area contributed by atoms with Crippen molar-refractivity contribution in [2.45, 2.75) is 12.5 Å². The van der Waals surface area contributed by atoms with Gasteiger partial charge >= 0.3 is 0 Å². The second-order valence-electron chi connectivity index (χ2n) is 2.77. The van der Waals surface area contributed by atoms with Crippen molar-refractivity contribution < 1.29 is 4.74 Å². The van der Waals surface area contributed by atoms with Gasteiger partial charge in [-0.05, 0) is 12.0 Å². The molecule has 11 heavy (non-hydrogen) atoms. The predicted molar refractivity (Wildman–Crippen MR) is 40.1 cm³/mol. The van der Waals surface area contributed by atoms with Crippen LogP contribution in [-0.2, 0) is 4.74 Å². The van der Waals surface area contributed by atoms with Gasteiger partial charge in [0.1, 0.15) is 0 Å². The zero-order valence-corrected chi connectivity index (χ0v) is 6.23. The molecule has 2 radical (unpaired) electrons. The van der Waals surface area contributed by atoms with Crippen LogP contribution in [-0.4, -0.2) is 23.0 Å². The van der Waals surface area contributed by atoms with Gasteiger partial charge in [0.05, 0.1) is 18.8 Å². The van der Waals surface area contributed by atoms with E-state index in [1.54, 1.807) is 6.20 Å². The van der Waals surface area contributed by atoms with Crippen molar-refractivity contribution in [3.05, 3.63) is 24.9 Å². The summed E-state index contributed by atoms with van der Waals surface area (Å²) >= 11 is 0. The molecule has 0 aromatic carbocycles. The van der Waals surface area contributed by atoms with Crippen LogP contribution in [0, 0.1) is 6.92 Å². The van der Waals surface area contributed by atoms with Gasteiger partial charge in [0, 0.05) is 19.7 Å². The maximum Gasteiger partial charge on any atom is 0.0774 e. The molecule has 1 saturated heterocycles. The maximum atomic E-state index is 5.52. The molecule has 2 heterocycles. The molecule has 1 aromatic rings. The van der Waals surface area contributed by atoms with Crippen LogP contribution >= 0.6 is 0 Å². The van der Waals surface area contributed by atoms with E-state index in [0.717, 1.165) is 25.2 Å². The van der Waals surface area contributed by atoms with Gasteiger partial charge in [-0.2, -0.15) is 5.10 Å². The molecule has 1 atom stereocenters. The molecule has 58 valence electrons. The minimum Gasteiger partial charge on any atom is -0.379 e. The van der Waals surface area contributed by atoms with Crippen LogP contribution in [0.5, 0.6) is 0 Å². The van der Waals surface area contributed by atoms with Crippen molar-refractivity contribution in [2.75, 3.05) is 13.2 Å². The summed E-state index contributed by atoms with van der Waals surface area (Å²) in [5, 5.41) is 4.11. The van der Waals surface area contributed by atoms with Gasteiger partial charge in [0.15, 0.2) is 0 Å². The lowest BCUT2D eigenvalue weighted by Crippen LogP contribution is -2.08. The second kappa shape index (κ2) is 2.66. The molecule has 1 aliphatic heterocycles. The van der Waals surface area contributed by atoms with Crippen molar-refractivity contribution >= 4 is 0 Å². The molecule has 3 nitrogen and oxygen atoms in total. The minimum atomic E-state index is 0.396. The van der Waals surface area contributed by atoms with E-state index < -0.39 is 0 Å². The highest BCUT2D eigenvalue weighted by atomic mass is 16.5. The summed E-state index contributed by atoms with van der Waals surface area (Å²) < 4.78 is 7.10. The van der Waals surface area contributed by atoms with Crippen LogP contribution in [0.4, 0.5) is 0 Å². The Morgan fingerprint density at radius 3 is 3.18 bits per heavy atom. The summed E-state index contributed by atoms with van der Waals surface area (Å²) in [6.07, 6.45) is 4.55. The highest BCUT2D eigenvalue weighted by Crippen LogP contribution is 2.17. The summed E-state index contributed by atoms with van der Waals surface area (Å²) in [5.41, 5.74) is 0.719. The van der Waals surface area contributed by atoms with Crippen molar-refractivity contribution in [2.24, 2.45) is 0 Å². The summed E-state index contributed by atoms with van der Waals surface area (Å²) in [6.45, 7) is 7.12. The smallest absolute Gasteiger partial charge is 0.0774 e. The van der Waals surface area contributed by atoms with Gasteiger partial charge in [-0.15, -0.1) is 0 Å². The van der Waals surface area contributed by atoms with Crippen LogP contribution in [0.3, 0.4) is 0 Å². The van der Waals surface area contributed by atoms with Crippen LogP contribution in [0.2, 0.25) is 0 Å². The largest absolute Gasteiger partial charge is 0.379 e. The van der Waals surface area contributed by atoms with Crippen molar-refractivity contribution in [1.82, 2.24) is 9.78 Å². The van der Waals surface area contributed by atoms with Gasteiger partial charge in [-0.3, -0.25) is 4.68 Å². The fourth-order valence-corrected chi connectivity index (χ4v) is 1.28. The average Bonchev–Trinajstić information content (AvgIpc) is 2.55. The van der Waals surface area contributed by atoms with Crippen molar-refractivity contribution in [1.29, 1.82) is 0 Å². The van der Waals surface area contributed by atoms with E-state index in [9.17, 15) is 0 Å². The number of nitrogens with zero attached hydrogens (tertiary/aromatic N) is 2. The normalized spacial score (nSPS) is 24.3. The number of aromatic nitrogens is 2. The van der Waals surface area contributed by atoms with Crippen molar-refractivity contribution in [3.8, 4) is 0 Å². The quantitative estimate of drug-likeness (QED) is 0.594. The lowest BCUT2D eigenvalue weighted by atomic mass is 10.3. The van der Waals surface area contributed by atoms with Gasteiger partial charge in [-0.25, -0.2) is 0 Å². The summed E-state index contributed by atoms with van der Waals surface area (Å²) in [6, 6.07) is 0.396. The standard InChI is InChI=1S/C8H10N2O/c1-7-4-9-10(5-7)8-2-3-11-6-8/h1,4-5,8H,2-3,6H2. The monoisotopic (exact) mass is 150 g/mol. The number of rotatable bonds is 1. The molecule has 0 bridgehead atoms. The molecule has 2 rings (SSSR count). The van der Waals surface area contributed by atoms with Crippen LogP contribution in [0.15, 0.2) is 12.4 Å². The first-order valence-electron chi connectivity index (χ1n) is 3.73. The molecule has 0 spiro atoms. The third-order valence-electron chi connectivity index (χ3n) is 1.90. The molecule has 1 fully saturated rings. The Morgan fingerprint density at radius 1 is 1.73 bits per heavy atom. The summed E-state index contributed by atoms with van der Waals surface area (Å²) in [4.78, 5) is 0. The Morgan fingerprint density at radius 2 is 2.64 bits per heavy atom. The fourth-order valence-electron chi connectivity index (χ4n) is 1.28. The average molecular weight is 150 g/mol. The topological polar surface area (TPSA) is 27.1 Å². The predicted octanol–water partition coefficient (Wildman–Crippen LogP) is 0.904. The van der Waals surface area contributed by atoms with E-state index in [4.69, 9.17) is 11.7 Å². The molecular formula is C8H10N2O. The molecular weight excluding hydrogens is 140 g/mol. The minimum absolute atomic E-state index is 0.396. The second-order valence-corrected chi connectivity index (χ2v) is 2.77. The first kappa shape index (κ1) is 6.85. The van der Waals surface area contributed by atoms with Crippen LogP contribution in [0.25, 0.3) is 0 Å². The van der Waals surface area contributed by atoms with E-state index in [-0.39, 0.29) is 0 Å². The Labute approximate surface area is 66.0 Å². The highest BCUT2D eigenvalue weighted by Gasteiger charge is 2.17. The number of hydrogen-bond acceptors (Lipinski definition) is 2. The molecule has 1 aliphatic rings. The first-order valence-corrected chi connectivity index (χ1v) is 3.73. The van der Waals surface area contributed by atoms with Gasteiger partial charge in [-0.1, -0.05) is 0 Å². The molecule has 3 heteroatoms. The number of ether oxygens (including phenoxy) is 1. The van der Waals surface area contributed by atoms with E-state index in [2.05, 4.69) is 5.10 Å². The maximum absolute atomic E-state index is 5.52. The lowest BCUT2D eigenvalue weighted by Gasteiger charge is -2.06. The molecule has 0 aliphatic carbocycles. The first-order chi connectivity index (χ1) is 5.36. The molecule has 1 aromatic heterocycles. The third kappa shape index (κ3) is 1.28. The lowest BCUT2D eigenvalue weighted by molar-refractivity contribution is 0.184. The van der Waals surface area contributed by atoms with E-state index in [0.29, 0.717) is 6.04 Å². The fraction of sp³-hybridized carbons (Fsp3) is 0.500. The Balaban J connectivity index is 2.15. The Hall–Kier alpha value is -0.830. The molecule has 0 amide bonds. The molecule has 1 unspecified atom stereocenters.